The van der Waals surface area contributed by atoms with Crippen LogP contribution >= 0.6 is 11.3 Å². The Hall–Kier alpha value is -2.40. The van der Waals surface area contributed by atoms with Crippen molar-refractivity contribution < 1.29 is 9.90 Å². The van der Waals surface area contributed by atoms with Crippen LogP contribution in [0.3, 0.4) is 0 Å². The predicted molar refractivity (Wildman–Crippen MR) is 77.8 cm³/mol. The van der Waals surface area contributed by atoms with Crippen LogP contribution in [0.15, 0.2) is 46.7 Å². The van der Waals surface area contributed by atoms with Crippen LogP contribution in [-0.4, -0.2) is 15.8 Å². The monoisotopic (exact) mass is 285 g/mol. The summed E-state index contributed by atoms with van der Waals surface area (Å²) in [6, 6.07) is 9.16. The zero-order chi connectivity index (χ0) is 14.1. The highest BCUT2D eigenvalue weighted by Crippen LogP contribution is 2.21. The van der Waals surface area contributed by atoms with Crippen LogP contribution in [0.2, 0.25) is 0 Å². The minimum absolute atomic E-state index is 0.194. The second-order valence-electron chi connectivity index (χ2n) is 4.37. The minimum atomic E-state index is -0.405. The Labute approximate surface area is 118 Å². The number of carbonyl (C=O) groups excluding carboxylic acids is 1. The molecule has 0 spiro atoms. The molecule has 0 aliphatic rings. The van der Waals surface area contributed by atoms with Gasteiger partial charge in [-0.25, -0.2) is 0 Å². The molecular weight excluding hydrogens is 274 g/mol. The lowest BCUT2D eigenvalue weighted by Gasteiger charge is -2.10. The van der Waals surface area contributed by atoms with Gasteiger partial charge >= 0.3 is 0 Å². The first-order chi connectivity index (χ1) is 9.72. The summed E-state index contributed by atoms with van der Waals surface area (Å²) in [7, 11) is 0. The normalized spacial score (nSPS) is 10.8. The van der Waals surface area contributed by atoms with Gasteiger partial charge in [-0.2, -0.15) is 0 Å². The fourth-order valence-electron chi connectivity index (χ4n) is 2.25. The summed E-state index contributed by atoms with van der Waals surface area (Å²) in [5, 5.41) is 12.0. The molecule has 0 saturated carbocycles. The zero-order valence-corrected chi connectivity index (χ0v) is 11.3. The lowest BCUT2D eigenvalue weighted by atomic mass is 10.1. The van der Waals surface area contributed by atoms with E-state index < -0.39 is 5.43 Å². The summed E-state index contributed by atoms with van der Waals surface area (Å²) in [6.45, 7) is 0. The lowest BCUT2D eigenvalue weighted by Crippen LogP contribution is -2.17. The fraction of sp³-hybridized carbons (Fsp3) is 0.0667. The lowest BCUT2D eigenvalue weighted by molar-refractivity contribution is 0.111. The van der Waals surface area contributed by atoms with Crippen molar-refractivity contribution in [3.63, 3.8) is 0 Å². The molecule has 3 rings (SSSR count). The largest absolute Gasteiger partial charge is 0.494 e. The fourth-order valence-corrected chi connectivity index (χ4v) is 2.97. The molecule has 0 radical (unpaired) electrons. The standard InChI is InChI=1S/C15H11NO3S/c17-9-12-14(18)11(8-10-4-3-7-20-10)13-5-1-2-6-16(13)15(12)19/h1-7,9,19H,8H2. The van der Waals surface area contributed by atoms with E-state index in [4.69, 9.17) is 0 Å². The molecule has 0 amide bonds. The van der Waals surface area contributed by atoms with Crippen LogP contribution in [0.5, 0.6) is 5.88 Å². The zero-order valence-electron chi connectivity index (χ0n) is 10.4. The average molecular weight is 285 g/mol. The molecular formula is C15H11NO3S. The summed E-state index contributed by atoms with van der Waals surface area (Å²) < 4.78 is 1.47. The van der Waals surface area contributed by atoms with Crippen molar-refractivity contribution in [3.8, 4) is 5.88 Å². The van der Waals surface area contributed by atoms with Crippen LogP contribution in [0, 0.1) is 0 Å². The molecule has 5 heteroatoms. The number of rotatable bonds is 3. The Bertz CT molecular complexity index is 834. The van der Waals surface area contributed by atoms with Crippen LogP contribution in [0.4, 0.5) is 0 Å². The minimum Gasteiger partial charge on any atom is -0.494 e. The van der Waals surface area contributed by atoms with E-state index in [9.17, 15) is 14.7 Å². The number of hydrogen-bond donors (Lipinski definition) is 1. The van der Waals surface area contributed by atoms with Crippen molar-refractivity contribution in [2.45, 2.75) is 6.42 Å². The van der Waals surface area contributed by atoms with E-state index in [1.54, 1.807) is 35.7 Å². The summed E-state index contributed by atoms with van der Waals surface area (Å²) >= 11 is 1.55. The van der Waals surface area contributed by atoms with Crippen LogP contribution in [0.25, 0.3) is 5.52 Å². The Kier molecular flexibility index (Phi) is 3.12. The highest BCUT2D eigenvalue weighted by Gasteiger charge is 2.16. The summed E-state index contributed by atoms with van der Waals surface area (Å²) in [5.41, 5.74) is 0.541. The number of pyridine rings is 2. The number of nitrogens with zero attached hydrogens (tertiary/aromatic N) is 1. The van der Waals surface area contributed by atoms with Gasteiger partial charge in [-0.15, -0.1) is 11.3 Å². The van der Waals surface area contributed by atoms with Crippen LogP contribution in [-0.2, 0) is 6.42 Å². The molecule has 0 fully saturated rings. The maximum atomic E-state index is 12.4. The first-order valence-electron chi connectivity index (χ1n) is 6.05. The molecule has 20 heavy (non-hydrogen) atoms. The maximum Gasteiger partial charge on any atom is 0.210 e. The van der Waals surface area contributed by atoms with E-state index in [0.717, 1.165) is 4.88 Å². The SMILES string of the molecule is O=Cc1c(O)n2ccccc2c(Cc2cccs2)c1=O. The van der Waals surface area contributed by atoms with Crippen LogP contribution < -0.4 is 5.43 Å². The second-order valence-corrected chi connectivity index (χ2v) is 5.41. The van der Waals surface area contributed by atoms with Gasteiger partial charge in [-0.1, -0.05) is 12.1 Å². The molecule has 3 aromatic rings. The molecule has 0 aliphatic carbocycles. The topological polar surface area (TPSA) is 58.8 Å². The Morgan fingerprint density at radius 2 is 2.10 bits per heavy atom. The van der Waals surface area contributed by atoms with Gasteiger partial charge in [0.2, 0.25) is 5.88 Å². The van der Waals surface area contributed by atoms with Crippen LogP contribution in [0.1, 0.15) is 20.8 Å². The highest BCUT2D eigenvalue weighted by molar-refractivity contribution is 7.09. The Balaban J connectivity index is 2.34. The average Bonchev–Trinajstić information content (AvgIpc) is 2.97. The van der Waals surface area contributed by atoms with Crippen molar-refractivity contribution in [3.05, 3.63) is 68.1 Å². The van der Waals surface area contributed by atoms with E-state index in [0.29, 0.717) is 23.8 Å². The van der Waals surface area contributed by atoms with Crippen molar-refractivity contribution in [1.29, 1.82) is 0 Å². The quantitative estimate of drug-likeness (QED) is 0.752. The molecule has 0 aliphatic heterocycles. The van der Waals surface area contributed by atoms with Gasteiger partial charge in [-0.3, -0.25) is 14.0 Å². The smallest absolute Gasteiger partial charge is 0.210 e. The van der Waals surface area contributed by atoms with Gasteiger partial charge in [0.05, 0.1) is 5.52 Å². The molecule has 0 atom stereocenters. The predicted octanol–water partition coefficient (Wildman–Crippen LogP) is 2.47. The molecule has 0 bridgehead atoms. The van der Waals surface area contributed by atoms with E-state index in [1.165, 1.54) is 4.40 Å². The van der Waals surface area contributed by atoms with Crippen molar-refractivity contribution in [2.75, 3.05) is 0 Å². The molecule has 4 nitrogen and oxygen atoms in total. The highest BCUT2D eigenvalue weighted by atomic mass is 32.1. The third kappa shape index (κ3) is 1.92. The summed E-state index contributed by atoms with van der Waals surface area (Å²) in [6.07, 6.45) is 2.50. The Morgan fingerprint density at radius 3 is 2.80 bits per heavy atom. The summed E-state index contributed by atoms with van der Waals surface area (Å²) in [4.78, 5) is 24.5. The van der Waals surface area contributed by atoms with E-state index in [-0.39, 0.29) is 11.4 Å². The first kappa shape index (κ1) is 12.6. The van der Waals surface area contributed by atoms with Crippen molar-refractivity contribution in [2.24, 2.45) is 0 Å². The number of aromatic hydroxyl groups is 1. The number of aromatic nitrogens is 1. The molecule has 3 heterocycles. The summed E-state index contributed by atoms with van der Waals surface area (Å²) in [5.74, 6) is -0.310. The van der Waals surface area contributed by atoms with Crippen molar-refractivity contribution in [1.82, 2.24) is 4.40 Å². The van der Waals surface area contributed by atoms with Gasteiger partial charge in [0.25, 0.3) is 0 Å². The molecule has 3 aromatic heterocycles. The third-order valence-electron chi connectivity index (χ3n) is 3.21. The number of carbonyl (C=O) groups is 1. The van der Waals surface area contributed by atoms with Gasteiger partial charge in [0, 0.05) is 23.1 Å². The number of fused-ring (bicyclic) bond motifs is 1. The number of hydrogen-bond acceptors (Lipinski definition) is 4. The van der Waals surface area contributed by atoms with Gasteiger partial charge in [-0.05, 0) is 23.6 Å². The third-order valence-corrected chi connectivity index (χ3v) is 4.08. The van der Waals surface area contributed by atoms with E-state index in [1.807, 2.05) is 17.5 Å². The van der Waals surface area contributed by atoms with Gasteiger partial charge < -0.3 is 5.11 Å². The number of aldehydes is 1. The van der Waals surface area contributed by atoms with Crippen molar-refractivity contribution >= 4 is 23.1 Å². The molecule has 0 unspecified atom stereocenters. The van der Waals surface area contributed by atoms with Gasteiger partial charge in [0.1, 0.15) is 5.56 Å². The van der Waals surface area contributed by atoms with E-state index in [2.05, 4.69) is 0 Å². The van der Waals surface area contributed by atoms with E-state index >= 15 is 0 Å². The first-order valence-corrected chi connectivity index (χ1v) is 6.93. The second kappa shape index (κ2) is 4.94. The molecule has 1 N–H and O–H groups in total. The Morgan fingerprint density at radius 1 is 1.25 bits per heavy atom. The van der Waals surface area contributed by atoms with Gasteiger partial charge in [0.15, 0.2) is 11.7 Å². The number of thiophene rings is 1. The molecule has 0 saturated heterocycles. The molecule has 100 valence electrons. The molecule has 0 aromatic carbocycles. The maximum absolute atomic E-state index is 12.4.